The number of nitrogens with zero attached hydrogens (tertiary/aromatic N) is 1. The van der Waals surface area contributed by atoms with Gasteiger partial charge in [0.1, 0.15) is 29.9 Å². The quantitative estimate of drug-likeness (QED) is 0.370. The van der Waals surface area contributed by atoms with Crippen LogP contribution in [0.1, 0.15) is 33.1 Å². The molecule has 2 rings (SSSR count). The third-order valence-electron chi connectivity index (χ3n) is 5.66. The van der Waals surface area contributed by atoms with E-state index < -0.39 is 42.0 Å². The predicted octanol–water partition coefficient (Wildman–Crippen LogP) is -0.857. The third kappa shape index (κ3) is 5.14. The largest absolute Gasteiger partial charge is 0.391 e. The Hall–Kier alpha value is -0.420. The summed E-state index contributed by atoms with van der Waals surface area (Å²) >= 11 is 1.20. The normalized spacial score (nSPS) is 39.9. The molecule has 0 spiro atoms. The maximum absolute atomic E-state index is 12.8. The van der Waals surface area contributed by atoms with Crippen molar-refractivity contribution in [3.05, 3.63) is 0 Å². The average Bonchev–Trinajstić information content (AvgIpc) is 2.99. The molecule has 0 aromatic heterocycles. The van der Waals surface area contributed by atoms with Gasteiger partial charge < -0.3 is 30.5 Å². The molecular formula is C18H34N2O6S. The average molecular weight is 407 g/mol. The summed E-state index contributed by atoms with van der Waals surface area (Å²) < 4.78 is 5.72. The van der Waals surface area contributed by atoms with E-state index in [4.69, 9.17) is 4.74 Å². The fourth-order valence-corrected chi connectivity index (χ4v) is 4.81. The van der Waals surface area contributed by atoms with Gasteiger partial charge in [-0.25, -0.2) is 0 Å². The SMILES string of the molecule is CCC[C@@H]1C[C@H](C(=O)N[C@@H]([C@@H]2O[C@H](SC)[C@H](O)[C@H](O)[C@@H]2O)[C@H](C)O)N(C)C1. The van der Waals surface area contributed by atoms with Crippen LogP contribution in [0.15, 0.2) is 0 Å². The van der Waals surface area contributed by atoms with E-state index in [0.29, 0.717) is 5.92 Å². The number of likely N-dealkylation sites (tertiary alicyclic amines) is 1. The van der Waals surface area contributed by atoms with Gasteiger partial charge in [0.25, 0.3) is 0 Å². The number of amides is 1. The molecule has 2 fully saturated rings. The van der Waals surface area contributed by atoms with E-state index in [-0.39, 0.29) is 11.9 Å². The minimum absolute atomic E-state index is 0.223. The molecule has 2 aliphatic heterocycles. The zero-order valence-electron chi connectivity index (χ0n) is 16.5. The first-order valence-electron chi connectivity index (χ1n) is 9.62. The Kier molecular flexibility index (Phi) is 8.35. The Morgan fingerprint density at radius 1 is 1.30 bits per heavy atom. The number of hydrogen-bond donors (Lipinski definition) is 5. The lowest BCUT2D eigenvalue weighted by atomic mass is 9.92. The summed E-state index contributed by atoms with van der Waals surface area (Å²) in [7, 11) is 1.91. The minimum Gasteiger partial charge on any atom is -0.391 e. The third-order valence-corrected chi connectivity index (χ3v) is 6.51. The van der Waals surface area contributed by atoms with Crippen molar-refractivity contribution in [3.8, 4) is 0 Å². The maximum Gasteiger partial charge on any atom is 0.237 e. The summed E-state index contributed by atoms with van der Waals surface area (Å²) in [5.74, 6) is 0.245. The predicted molar refractivity (Wildman–Crippen MR) is 103 cm³/mol. The van der Waals surface area contributed by atoms with Crippen molar-refractivity contribution in [3.63, 3.8) is 0 Å². The standard InChI is InChI=1S/C18H34N2O6S/c1-5-6-10-7-11(20(3)8-10)17(25)19-12(9(2)21)16-14(23)13(22)15(24)18(26-16)27-4/h9-16,18,21-24H,5-8H2,1-4H3,(H,19,25)/t9-,10+,11+,12+,13+,14-,15+,16-,18+/m0/s1. The van der Waals surface area contributed by atoms with Crippen LogP contribution in [0.3, 0.4) is 0 Å². The lowest BCUT2D eigenvalue weighted by Crippen LogP contribution is -2.65. The summed E-state index contributed by atoms with van der Waals surface area (Å²) in [5.41, 5.74) is -0.755. The zero-order chi connectivity index (χ0) is 20.3. The van der Waals surface area contributed by atoms with Crippen LogP contribution in [-0.4, -0.2) is 99.1 Å². The van der Waals surface area contributed by atoms with Gasteiger partial charge in [-0.15, -0.1) is 11.8 Å². The number of aliphatic hydroxyl groups is 4. The minimum atomic E-state index is -1.42. The van der Waals surface area contributed by atoms with Crippen LogP contribution in [0.5, 0.6) is 0 Å². The van der Waals surface area contributed by atoms with Gasteiger partial charge in [-0.1, -0.05) is 13.3 Å². The lowest BCUT2D eigenvalue weighted by Gasteiger charge is -2.44. The molecule has 9 atom stereocenters. The van der Waals surface area contributed by atoms with Gasteiger partial charge in [0.2, 0.25) is 5.91 Å². The van der Waals surface area contributed by atoms with E-state index >= 15 is 0 Å². The maximum atomic E-state index is 12.8. The van der Waals surface area contributed by atoms with Crippen molar-refractivity contribution < 1.29 is 30.0 Å². The Labute approximate surface area is 165 Å². The first-order chi connectivity index (χ1) is 12.7. The molecule has 2 aliphatic rings. The Morgan fingerprint density at radius 3 is 2.52 bits per heavy atom. The molecule has 0 aromatic rings. The van der Waals surface area contributed by atoms with E-state index in [9.17, 15) is 25.2 Å². The summed E-state index contributed by atoms with van der Waals surface area (Å²) in [6.07, 6.45) is -1.50. The number of hydrogen-bond acceptors (Lipinski definition) is 8. The Morgan fingerprint density at radius 2 is 1.96 bits per heavy atom. The second kappa shape index (κ2) is 9.87. The van der Waals surface area contributed by atoms with Gasteiger partial charge in [0.15, 0.2) is 0 Å². The number of ether oxygens (including phenoxy) is 1. The fourth-order valence-electron chi connectivity index (χ4n) is 4.13. The second-order valence-electron chi connectivity index (χ2n) is 7.80. The Bertz CT molecular complexity index is 494. The molecule has 2 heterocycles. The number of nitrogens with one attached hydrogen (secondary N) is 1. The van der Waals surface area contributed by atoms with Crippen molar-refractivity contribution >= 4 is 17.7 Å². The van der Waals surface area contributed by atoms with Crippen molar-refractivity contribution in [1.82, 2.24) is 10.2 Å². The zero-order valence-corrected chi connectivity index (χ0v) is 17.3. The van der Waals surface area contributed by atoms with E-state index in [2.05, 4.69) is 12.2 Å². The van der Waals surface area contributed by atoms with Crippen molar-refractivity contribution in [2.75, 3.05) is 19.8 Å². The number of thioether (sulfide) groups is 1. The van der Waals surface area contributed by atoms with Crippen molar-refractivity contribution in [1.29, 1.82) is 0 Å². The first-order valence-corrected chi connectivity index (χ1v) is 10.9. The van der Waals surface area contributed by atoms with E-state index in [1.807, 2.05) is 11.9 Å². The highest BCUT2D eigenvalue weighted by atomic mass is 32.2. The van der Waals surface area contributed by atoms with E-state index in [1.54, 1.807) is 6.26 Å². The molecule has 9 heteroatoms. The van der Waals surface area contributed by atoms with Crippen molar-refractivity contribution in [2.24, 2.45) is 5.92 Å². The van der Waals surface area contributed by atoms with Crippen molar-refractivity contribution in [2.45, 2.75) is 81.1 Å². The molecular weight excluding hydrogens is 372 g/mol. The fraction of sp³-hybridized carbons (Fsp3) is 0.944. The Balaban J connectivity index is 2.09. The number of carbonyl (C=O) groups excluding carboxylic acids is 1. The molecule has 1 amide bonds. The molecule has 0 unspecified atom stereocenters. The highest BCUT2D eigenvalue weighted by molar-refractivity contribution is 7.99. The van der Waals surface area contributed by atoms with Gasteiger partial charge >= 0.3 is 0 Å². The topological polar surface area (TPSA) is 122 Å². The molecule has 0 aliphatic carbocycles. The van der Waals surface area contributed by atoms with Gasteiger partial charge in [-0.05, 0) is 39.0 Å². The van der Waals surface area contributed by atoms with Crippen LogP contribution in [0.4, 0.5) is 0 Å². The summed E-state index contributed by atoms with van der Waals surface area (Å²) in [6, 6.07) is -1.20. The molecule has 5 N–H and O–H groups in total. The van der Waals surface area contributed by atoms with Gasteiger partial charge in [0, 0.05) is 6.54 Å². The van der Waals surface area contributed by atoms with Crippen LogP contribution < -0.4 is 5.32 Å². The van der Waals surface area contributed by atoms with Gasteiger partial charge in [-0.2, -0.15) is 0 Å². The highest BCUT2D eigenvalue weighted by Gasteiger charge is 2.48. The molecule has 2 saturated heterocycles. The molecule has 0 radical (unpaired) electrons. The van der Waals surface area contributed by atoms with Crippen LogP contribution >= 0.6 is 11.8 Å². The molecule has 0 aromatic carbocycles. The van der Waals surface area contributed by atoms with Gasteiger partial charge in [-0.3, -0.25) is 9.69 Å². The van der Waals surface area contributed by atoms with Crippen LogP contribution in [0.25, 0.3) is 0 Å². The monoisotopic (exact) mass is 406 g/mol. The molecule has 0 bridgehead atoms. The van der Waals surface area contributed by atoms with Gasteiger partial charge in [0.05, 0.1) is 18.2 Å². The molecule has 8 nitrogen and oxygen atoms in total. The number of rotatable bonds is 7. The summed E-state index contributed by atoms with van der Waals surface area (Å²) in [5, 5.41) is 43.5. The number of likely N-dealkylation sites (N-methyl/N-ethyl adjacent to an activating group) is 1. The second-order valence-corrected chi connectivity index (χ2v) is 8.73. The smallest absolute Gasteiger partial charge is 0.237 e. The summed E-state index contributed by atoms with van der Waals surface area (Å²) in [6.45, 7) is 4.48. The van der Waals surface area contributed by atoms with E-state index in [1.165, 1.54) is 18.7 Å². The summed E-state index contributed by atoms with van der Waals surface area (Å²) in [4.78, 5) is 14.9. The van der Waals surface area contributed by atoms with Crippen LogP contribution in [-0.2, 0) is 9.53 Å². The van der Waals surface area contributed by atoms with Crippen LogP contribution in [0.2, 0.25) is 0 Å². The van der Waals surface area contributed by atoms with Crippen LogP contribution in [0, 0.1) is 5.92 Å². The molecule has 27 heavy (non-hydrogen) atoms. The number of carbonyl (C=O) groups is 1. The molecule has 0 saturated carbocycles. The highest BCUT2D eigenvalue weighted by Crippen LogP contribution is 2.30. The lowest BCUT2D eigenvalue weighted by molar-refractivity contribution is -0.211. The number of aliphatic hydroxyl groups excluding tert-OH is 4. The van der Waals surface area contributed by atoms with E-state index in [0.717, 1.165) is 25.8 Å². The molecule has 158 valence electrons. The first kappa shape index (κ1) is 22.9.